The summed E-state index contributed by atoms with van der Waals surface area (Å²) in [6, 6.07) is 8.51. The van der Waals surface area contributed by atoms with E-state index in [1.807, 2.05) is 0 Å². The van der Waals surface area contributed by atoms with Gasteiger partial charge in [0.2, 0.25) is 11.8 Å². The fourth-order valence-electron chi connectivity index (χ4n) is 5.89. The third-order valence-electron chi connectivity index (χ3n) is 8.24. The van der Waals surface area contributed by atoms with Gasteiger partial charge in [0.15, 0.2) is 5.78 Å². The lowest BCUT2D eigenvalue weighted by atomic mass is 10.1. The van der Waals surface area contributed by atoms with E-state index in [0.717, 1.165) is 19.3 Å². The number of fused-ring (bicyclic) bond motifs is 2. The van der Waals surface area contributed by atoms with Crippen LogP contribution in [0.25, 0.3) is 10.9 Å². The van der Waals surface area contributed by atoms with Crippen LogP contribution in [0.4, 0.5) is 14.9 Å². The number of nitrogens with zero attached hydrogens (tertiary/aromatic N) is 2. The molecular weight excluding hydrogens is 549 g/mol. The Labute approximate surface area is 241 Å². The van der Waals surface area contributed by atoms with Crippen LogP contribution >= 0.6 is 11.6 Å². The molecule has 9 nitrogen and oxygen atoms in total. The molecule has 0 spiro atoms. The van der Waals surface area contributed by atoms with E-state index in [9.17, 15) is 23.6 Å². The lowest BCUT2D eigenvalue weighted by molar-refractivity contribution is -0.140. The smallest absolute Gasteiger partial charge is 0.319 e. The van der Waals surface area contributed by atoms with Crippen molar-refractivity contribution in [3.63, 3.8) is 0 Å². The molecule has 4 atom stereocenters. The van der Waals surface area contributed by atoms with E-state index >= 15 is 0 Å². The lowest BCUT2D eigenvalue weighted by Gasteiger charge is -2.28. The molecule has 3 N–H and O–H groups in total. The van der Waals surface area contributed by atoms with E-state index in [0.29, 0.717) is 28.6 Å². The fraction of sp³-hybridized carbons (Fsp3) is 0.400. The van der Waals surface area contributed by atoms with Crippen LogP contribution in [0.1, 0.15) is 61.5 Å². The number of halogens is 2. The van der Waals surface area contributed by atoms with Crippen molar-refractivity contribution in [2.75, 3.05) is 5.32 Å². The van der Waals surface area contributed by atoms with Crippen molar-refractivity contribution >= 4 is 51.8 Å². The predicted octanol–water partition coefficient (Wildman–Crippen LogP) is 4.79. The van der Waals surface area contributed by atoms with Crippen LogP contribution in [0.3, 0.4) is 0 Å². The summed E-state index contributed by atoms with van der Waals surface area (Å²) in [7, 11) is 0. The number of piperidine rings is 1. The quantitative estimate of drug-likeness (QED) is 0.333. The van der Waals surface area contributed by atoms with Crippen LogP contribution in [-0.2, 0) is 16.1 Å². The van der Waals surface area contributed by atoms with E-state index in [1.165, 1.54) is 13.0 Å². The minimum atomic E-state index is -0.661. The Morgan fingerprint density at radius 2 is 1.90 bits per heavy atom. The van der Waals surface area contributed by atoms with Gasteiger partial charge < -0.3 is 25.4 Å². The molecule has 214 valence electrons. The molecule has 1 aliphatic heterocycles. The number of carbonyl (C=O) groups is 4. The van der Waals surface area contributed by atoms with Crippen LogP contribution in [0.15, 0.2) is 42.6 Å². The molecule has 3 aromatic rings. The molecule has 3 fully saturated rings. The highest BCUT2D eigenvalue weighted by molar-refractivity contribution is 6.30. The standard InChI is InChI=1S/C30H31ClFN5O4/c1-15(20-4-3-5-23(31)28(20)32)33-29(40)26-11-17-10-25(17)37(26)27(39)14-36-13-22(16(2)38)21-12-19(8-9-24(21)36)35-30(41)34-18-6-7-18/h3-5,8-9,12-13,15,17-18,25-26H,6-7,10-11,14H2,1-2H3,(H,33,40)(H2,34,35,41)/t15-,17-,25-,26+/m1/s1. The highest BCUT2D eigenvalue weighted by atomic mass is 35.5. The lowest BCUT2D eigenvalue weighted by Crippen LogP contribution is -2.49. The van der Waals surface area contributed by atoms with Crippen molar-refractivity contribution in [3.05, 3.63) is 64.6 Å². The Morgan fingerprint density at radius 1 is 1.12 bits per heavy atom. The number of Topliss-reactive ketones (excluding diaryl/α,β-unsaturated/α-hetero) is 1. The van der Waals surface area contributed by atoms with Crippen LogP contribution in [0, 0.1) is 11.7 Å². The largest absolute Gasteiger partial charge is 0.348 e. The van der Waals surface area contributed by atoms with Gasteiger partial charge in [-0.15, -0.1) is 0 Å². The predicted molar refractivity (Wildman–Crippen MR) is 152 cm³/mol. The number of benzene rings is 2. The molecule has 1 aromatic heterocycles. The third-order valence-corrected chi connectivity index (χ3v) is 8.53. The zero-order chi connectivity index (χ0) is 29.0. The van der Waals surface area contributed by atoms with Crippen molar-refractivity contribution in [1.29, 1.82) is 0 Å². The summed E-state index contributed by atoms with van der Waals surface area (Å²) >= 11 is 5.92. The van der Waals surface area contributed by atoms with Gasteiger partial charge in [-0.2, -0.15) is 0 Å². The fourth-order valence-corrected chi connectivity index (χ4v) is 6.07. The second kappa shape index (κ2) is 10.5. The van der Waals surface area contributed by atoms with E-state index < -0.39 is 17.9 Å². The molecule has 4 amide bonds. The highest BCUT2D eigenvalue weighted by Crippen LogP contribution is 2.48. The van der Waals surface area contributed by atoms with Crippen molar-refractivity contribution in [3.8, 4) is 0 Å². The number of aromatic nitrogens is 1. The molecule has 41 heavy (non-hydrogen) atoms. The minimum Gasteiger partial charge on any atom is -0.348 e. The maximum atomic E-state index is 14.5. The summed E-state index contributed by atoms with van der Waals surface area (Å²) in [6.45, 7) is 3.09. The molecule has 2 heterocycles. The number of hydrogen-bond acceptors (Lipinski definition) is 4. The van der Waals surface area contributed by atoms with Crippen molar-refractivity contribution in [2.24, 2.45) is 5.92 Å². The van der Waals surface area contributed by atoms with E-state index in [4.69, 9.17) is 11.6 Å². The van der Waals surface area contributed by atoms with E-state index in [2.05, 4.69) is 16.0 Å². The summed E-state index contributed by atoms with van der Waals surface area (Å²) in [4.78, 5) is 53.3. The molecule has 0 unspecified atom stereocenters. The van der Waals surface area contributed by atoms with Crippen molar-refractivity contribution in [1.82, 2.24) is 20.1 Å². The highest BCUT2D eigenvalue weighted by Gasteiger charge is 2.56. The maximum Gasteiger partial charge on any atom is 0.319 e. The topological polar surface area (TPSA) is 113 Å². The van der Waals surface area contributed by atoms with E-state index in [-0.39, 0.29) is 58.8 Å². The zero-order valence-corrected chi connectivity index (χ0v) is 23.5. The molecule has 3 aliphatic rings. The van der Waals surface area contributed by atoms with Crippen LogP contribution in [0.2, 0.25) is 5.02 Å². The van der Waals surface area contributed by atoms with Gasteiger partial charge in [0, 0.05) is 46.0 Å². The summed E-state index contributed by atoms with van der Waals surface area (Å²) < 4.78 is 16.2. The number of urea groups is 1. The Bertz CT molecular complexity index is 1580. The first-order chi connectivity index (χ1) is 19.6. The van der Waals surface area contributed by atoms with Gasteiger partial charge in [-0.1, -0.05) is 23.7 Å². The zero-order valence-electron chi connectivity index (χ0n) is 22.7. The van der Waals surface area contributed by atoms with Crippen molar-refractivity contribution < 1.29 is 23.6 Å². The van der Waals surface area contributed by atoms with Crippen molar-refractivity contribution in [2.45, 2.75) is 70.2 Å². The van der Waals surface area contributed by atoms with Crippen LogP contribution in [-0.4, -0.2) is 51.2 Å². The molecule has 6 rings (SSSR count). The molecule has 0 radical (unpaired) electrons. The number of rotatable bonds is 8. The monoisotopic (exact) mass is 579 g/mol. The normalized spacial score (nSPS) is 21.8. The summed E-state index contributed by atoms with van der Waals surface area (Å²) in [5.74, 6) is -1.04. The first-order valence-electron chi connectivity index (χ1n) is 13.9. The van der Waals surface area contributed by atoms with Gasteiger partial charge in [-0.3, -0.25) is 14.4 Å². The van der Waals surface area contributed by atoms with Crippen LogP contribution in [0.5, 0.6) is 0 Å². The second-order valence-corrected chi connectivity index (χ2v) is 11.7. The summed E-state index contributed by atoms with van der Waals surface area (Å²) in [5, 5.41) is 9.15. The van der Waals surface area contributed by atoms with E-state index in [1.54, 1.807) is 52.9 Å². The minimum absolute atomic E-state index is 0.00801. The molecule has 2 aromatic carbocycles. The van der Waals surface area contributed by atoms with Crippen LogP contribution < -0.4 is 16.0 Å². The van der Waals surface area contributed by atoms with Gasteiger partial charge in [0.25, 0.3) is 0 Å². The average Bonchev–Trinajstić information content (AvgIpc) is 3.83. The molecule has 1 saturated heterocycles. The third kappa shape index (κ3) is 5.40. The molecule has 0 bridgehead atoms. The Kier molecular flexibility index (Phi) is 6.97. The second-order valence-electron chi connectivity index (χ2n) is 11.3. The average molecular weight is 580 g/mol. The SMILES string of the molecule is CC(=O)c1cn(CC(=O)N2[C@@H]3C[C@@H]3C[C@H]2C(=O)N[C@H](C)c2cccc(Cl)c2F)c2ccc(NC(=O)NC3CC3)cc12. The summed E-state index contributed by atoms with van der Waals surface area (Å²) in [6.07, 6.45) is 4.99. The van der Waals surface area contributed by atoms with Gasteiger partial charge in [-0.25, -0.2) is 9.18 Å². The Balaban J connectivity index is 1.19. The number of hydrogen-bond donors (Lipinski definition) is 3. The first-order valence-corrected chi connectivity index (χ1v) is 14.2. The number of amides is 4. The van der Waals surface area contributed by atoms with Gasteiger partial charge >= 0.3 is 6.03 Å². The Morgan fingerprint density at radius 3 is 2.63 bits per heavy atom. The molecule has 11 heteroatoms. The number of likely N-dealkylation sites (tertiary alicyclic amines) is 1. The first kappa shape index (κ1) is 27.3. The maximum absolute atomic E-state index is 14.5. The number of nitrogens with one attached hydrogen (secondary N) is 3. The van der Waals surface area contributed by atoms with Gasteiger partial charge in [-0.05, 0) is 69.7 Å². The summed E-state index contributed by atoms with van der Waals surface area (Å²) in [5.41, 5.74) is 1.94. The molecule has 2 saturated carbocycles. The van der Waals surface area contributed by atoms with Gasteiger partial charge in [0.05, 0.1) is 11.1 Å². The number of carbonyl (C=O) groups excluding carboxylic acids is 4. The molecular formula is C30H31ClFN5O4. The Hall–Kier alpha value is -3.92. The molecule has 2 aliphatic carbocycles. The number of ketones is 1. The number of anilines is 1. The van der Waals surface area contributed by atoms with Gasteiger partial charge in [0.1, 0.15) is 18.4 Å².